The number of ether oxygens (including phenoxy) is 3. The minimum atomic E-state index is -0.697. The lowest BCUT2D eigenvalue weighted by Crippen LogP contribution is -2.45. The van der Waals surface area contributed by atoms with Crippen molar-refractivity contribution in [2.24, 2.45) is 0 Å². The van der Waals surface area contributed by atoms with Crippen molar-refractivity contribution in [3.05, 3.63) is 95.1 Å². The molecule has 7 heteroatoms. The molecule has 0 spiro atoms. The average molecular weight is 444 g/mol. The third-order valence-corrected chi connectivity index (χ3v) is 5.33. The molecule has 1 aliphatic rings. The summed E-state index contributed by atoms with van der Waals surface area (Å²) in [7, 11) is 2.88. The smallest absolute Gasteiger partial charge is 0.338 e. The highest BCUT2D eigenvalue weighted by atomic mass is 16.5. The van der Waals surface area contributed by atoms with Crippen molar-refractivity contribution in [3.8, 4) is 17.2 Å². The van der Waals surface area contributed by atoms with Crippen LogP contribution in [-0.2, 0) is 9.53 Å². The molecule has 4 rings (SSSR count). The third kappa shape index (κ3) is 4.82. The Kier molecular flexibility index (Phi) is 6.31. The fraction of sp³-hybridized carbons (Fsp3) is 0.154. The topological polar surface area (TPSA) is 85.9 Å². The molecule has 0 fully saturated rings. The Hall–Kier alpha value is -4.26. The zero-order valence-electron chi connectivity index (χ0n) is 18.5. The minimum absolute atomic E-state index is 0.300. The van der Waals surface area contributed by atoms with Crippen molar-refractivity contribution in [2.75, 3.05) is 14.2 Å². The zero-order valence-corrected chi connectivity index (χ0v) is 18.5. The van der Waals surface area contributed by atoms with Gasteiger partial charge in [0.05, 0.1) is 31.5 Å². The van der Waals surface area contributed by atoms with Crippen LogP contribution in [0.25, 0.3) is 5.70 Å². The molecule has 1 aliphatic heterocycles. The number of rotatable bonds is 6. The van der Waals surface area contributed by atoms with Gasteiger partial charge < -0.3 is 24.8 Å². The molecule has 2 N–H and O–H groups in total. The van der Waals surface area contributed by atoms with Gasteiger partial charge in [0, 0.05) is 0 Å². The number of aryl methyl sites for hydroxylation is 1. The second kappa shape index (κ2) is 9.48. The Balaban J connectivity index is 1.68. The number of hydrogen-bond acceptors (Lipinski definition) is 5. The quantitative estimate of drug-likeness (QED) is 0.537. The number of benzene rings is 3. The number of nitrogens with one attached hydrogen (secondary N) is 2. The molecule has 0 bridgehead atoms. The number of hydrogen-bond donors (Lipinski definition) is 2. The molecular formula is C26H24N2O5. The fourth-order valence-electron chi connectivity index (χ4n) is 3.60. The summed E-state index contributed by atoms with van der Waals surface area (Å²) >= 11 is 0. The van der Waals surface area contributed by atoms with Gasteiger partial charge in [0.15, 0.2) is 0 Å². The summed E-state index contributed by atoms with van der Waals surface area (Å²) in [6.45, 7) is 2.01. The first-order valence-corrected chi connectivity index (χ1v) is 10.4. The normalized spacial score (nSPS) is 15.4. The second-order valence-corrected chi connectivity index (χ2v) is 7.52. The molecule has 3 aromatic carbocycles. The van der Waals surface area contributed by atoms with Gasteiger partial charge in [-0.05, 0) is 66.6 Å². The van der Waals surface area contributed by atoms with Crippen LogP contribution in [-0.4, -0.2) is 26.2 Å². The summed E-state index contributed by atoms with van der Waals surface area (Å²) in [5, 5.41) is 5.57. The fourth-order valence-corrected chi connectivity index (χ4v) is 3.60. The van der Waals surface area contributed by atoms with E-state index in [9.17, 15) is 9.59 Å². The van der Waals surface area contributed by atoms with E-state index in [1.54, 1.807) is 43.5 Å². The highest BCUT2D eigenvalue weighted by Crippen LogP contribution is 2.33. The van der Waals surface area contributed by atoms with Crippen LogP contribution in [0.5, 0.6) is 17.2 Å². The molecule has 0 saturated carbocycles. The van der Waals surface area contributed by atoms with Gasteiger partial charge in [-0.2, -0.15) is 0 Å². The van der Waals surface area contributed by atoms with Gasteiger partial charge in [-0.3, -0.25) is 0 Å². The van der Waals surface area contributed by atoms with E-state index < -0.39 is 18.0 Å². The maximum atomic E-state index is 12.8. The highest BCUT2D eigenvalue weighted by Gasteiger charge is 2.34. The Morgan fingerprint density at radius 1 is 0.818 bits per heavy atom. The van der Waals surface area contributed by atoms with E-state index >= 15 is 0 Å². The van der Waals surface area contributed by atoms with Crippen molar-refractivity contribution in [1.82, 2.24) is 10.6 Å². The number of amides is 2. The summed E-state index contributed by atoms with van der Waals surface area (Å²) in [4.78, 5) is 25.3. The Bertz CT molecular complexity index is 1180. The molecule has 0 radical (unpaired) electrons. The van der Waals surface area contributed by atoms with Crippen LogP contribution in [0.4, 0.5) is 4.79 Å². The monoisotopic (exact) mass is 444 g/mol. The van der Waals surface area contributed by atoms with E-state index in [4.69, 9.17) is 14.2 Å². The lowest BCUT2D eigenvalue weighted by atomic mass is 9.92. The third-order valence-electron chi connectivity index (χ3n) is 5.33. The van der Waals surface area contributed by atoms with Gasteiger partial charge in [0.2, 0.25) is 0 Å². The van der Waals surface area contributed by atoms with Crippen molar-refractivity contribution in [3.63, 3.8) is 0 Å². The van der Waals surface area contributed by atoms with Crippen LogP contribution < -0.4 is 20.1 Å². The molecular weight excluding hydrogens is 420 g/mol. The molecule has 1 atom stereocenters. The first-order valence-electron chi connectivity index (χ1n) is 10.4. The molecule has 0 aromatic heterocycles. The standard InChI is InChI=1S/C26H24N2O5/c1-16-4-10-20(11-5-16)33-21-14-8-18(9-15-21)24-22(25(29)32-3)23(27-26(30)28-24)17-6-12-19(31-2)13-7-17/h4-15,24H,1-3H3,(H2,27,28,30). The van der Waals surface area contributed by atoms with E-state index in [0.29, 0.717) is 33.9 Å². The van der Waals surface area contributed by atoms with Crippen LogP contribution >= 0.6 is 0 Å². The minimum Gasteiger partial charge on any atom is -0.497 e. The lowest BCUT2D eigenvalue weighted by Gasteiger charge is -2.29. The molecule has 2 amide bonds. The number of esters is 1. The molecule has 168 valence electrons. The van der Waals surface area contributed by atoms with Gasteiger partial charge in [0.25, 0.3) is 0 Å². The Morgan fingerprint density at radius 2 is 1.39 bits per heavy atom. The molecule has 0 saturated heterocycles. The number of urea groups is 1. The van der Waals surface area contributed by atoms with E-state index in [1.165, 1.54) is 7.11 Å². The van der Waals surface area contributed by atoms with Gasteiger partial charge in [-0.15, -0.1) is 0 Å². The van der Waals surface area contributed by atoms with Crippen molar-refractivity contribution >= 4 is 17.7 Å². The van der Waals surface area contributed by atoms with Crippen molar-refractivity contribution in [1.29, 1.82) is 0 Å². The predicted molar refractivity (Wildman–Crippen MR) is 124 cm³/mol. The van der Waals surface area contributed by atoms with Crippen LogP contribution in [0.2, 0.25) is 0 Å². The predicted octanol–water partition coefficient (Wildman–Crippen LogP) is 4.73. The maximum absolute atomic E-state index is 12.8. The number of carbonyl (C=O) groups is 2. The SMILES string of the molecule is COC(=O)C1=C(c2ccc(OC)cc2)NC(=O)NC1c1ccc(Oc2ccc(C)cc2)cc1. The first kappa shape index (κ1) is 22.0. The Morgan fingerprint density at radius 3 is 1.97 bits per heavy atom. The lowest BCUT2D eigenvalue weighted by molar-refractivity contribution is -0.136. The van der Waals surface area contributed by atoms with E-state index in [2.05, 4.69) is 10.6 Å². The summed E-state index contributed by atoms with van der Waals surface area (Å²) < 4.78 is 16.1. The maximum Gasteiger partial charge on any atom is 0.338 e. The number of carbonyl (C=O) groups excluding carboxylic acids is 2. The van der Waals surface area contributed by atoms with Crippen LogP contribution in [0.1, 0.15) is 22.7 Å². The van der Waals surface area contributed by atoms with E-state index in [-0.39, 0.29) is 0 Å². The van der Waals surface area contributed by atoms with Gasteiger partial charge in [-0.25, -0.2) is 9.59 Å². The summed E-state index contributed by atoms with van der Waals surface area (Å²) in [5.41, 5.74) is 3.21. The van der Waals surface area contributed by atoms with Crippen LogP contribution in [0.15, 0.2) is 78.4 Å². The average Bonchev–Trinajstić information content (AvgIpc) is 2.85. The summed E-state index contributed by atoms with van der Waals surface area (Å²) in [6.07, 6.45) is 0. The van der Waals surface area contributed by atoms with E-state index in [0.717, 1.165) is 11.3 Å². The van der Waals surface area contributed by atoms with Gasteiger partial charge >= 0.3 is 12.0 Å². The first-order chi connectivity index (χ1) is 16.0. The second-order valence-electron chi connectivity index (χ2n) is 7.52. The summed E-state index contributed by atoms with van der Waals surface area (Å²) in [6, 6.07) is 20.9. The molecule has 33 heavy (non-hydrogen) atoms. The van der Waals surface area contributed by atoms with Gasteiger partial charge in [-0.1, -0.05) is 29.8 Å². The molecule has 3 aromatic rings. The molecule has 1 heterocycles. The Labute approximate surface area is 192 Å². The van der Waals surface area contributed by atoms with Crippen molar-refractivity contribution in [2.45, 2.75) is 13.0 Å². The largest absolute Gasteiger partial charge is 0.497 e. The van der Waals surface area contributed by atoms with Crippen LogP contribution in [0.3, 0.4) is 0 Å². The molecule has 7 nitrogen and oxygen atoms in total. The van der Waals surface area contributed by atoms with Crippen LogP contribution in [0, 0.1) is 6.92 Å². The van der Waals surface area contributed by atoms with Crippen molar-refractivity contribution < 1.29 is 23.8 Å². The zero-order chi connectivity index (χ0) is 23.4. The van der Waals surface area contributed by atoms with E-state index in [1.807, 2.05) is 43.3 Å². The highest BCUT2D eigenvalue weighted by molar-refractivity contribution is 6.04. The number of methoxy groups -OCH3 is 2. The molecule has 1 unspecified atom stereocenters. The summed E-state index contributed by atoms with van der Waals surface area (Å²) in [5.74, 6) is 1.49. The van der Waals surface area contributed by atoms with Gasteiger partial charge in [0.1, 0.15) is 17.2 Å². The molecule has 0 aliphatic carbocycles.